The van der Waals surface area contributed by atoms with E-state index in [-0.39, 0.29) is 24.0 Å². The number of aliphatic imine (C=N–C) groups is 1. The maximum absolute atomic E-state index is 5.90. The first-order valence-electron chi connectivity index (χ1n) is 6.95. The highest BCUT2D eigenvalue weighted by molar-refractivity contribution is 14.0. The van der Waals surface area contributed by atoms with E-state index < -0.39 is 0 Å². The Morgan fingerprint density at radius 3 is 2.85 bits per heavy atom. The lowest BCUT2D eigenvalue weighted by atomic mass is 10.1. The first-order chi connectivity index (χ1) is 9.19. The summed E-state index contributed by atoms with van der Waals surface area (Å²) < 4.78 is 5.90. The summed E-state index contributed by atoms with van der Waals surface area (Å²) in [5, 5.41) is 2.99. The Balaban J connectivity index is 0.00000200. The second kappa shape index (κ2) is 8.34. The molecule has 0 heterocycles. The van der Waals surface area contributed by atoms with Gasteiger partial charge in [0.25, 0.3) is 0 Å². The van der Waals surface area contributed by atoms with Crippen LogP contribution in [0.1, 0.15) is 30.9 Å². The molecule has 1 saturated carbocycles. The second-order valence-electron chi connectivity index (χ2n) is 5.10. The van der Waals surface area contributed by atoms with Crippen molar-refractivity contribution in [2.45, 2.75) is 33.2 Å². The third kappa shape index (κ3) is 5.56. The molecule has 3 N–H and O–H groups in total. The van der Waals surface area contributed by atoms with E-state index in [4.69, 9.17) is 10.5 Å². The Hall–Kier alpha value is -0.980. The fourth-order valence-corrected chi connectivity index (χ4v) is 1.83. The number of nitrogens with zero attached hydrogens (tertiary/aromatic N) is 1. The lowest BCUT2D eigenvalue weighted by Crippen LogP contribution is -2.31. The summed E-state index contributed by atoms with van der Waals surface area (Å²) >= 11 is 0. The molecule has 112 valence electrons. The Morgan fingerprint density at radius 1 is 1.45 bits per heavy atom. The molecule has 1 aromatic carbocycles. The van der Waals surface area contributed by atoms with Crippen molar-refractivity contribution in [3.05, 3.63) is 29.3 Å². The van der Waals surface area contributed by atoms with Gasteiger partial charge in [-0.15, -0.1) is 24.0 Å². The van der Waals surface area contributed by atoms with Crippen LogP contribution in [0.25, 0.3) is 0 Å². The number of nitrogens with two attached hydrogens (primary N) is 1. The smallest absolute Gasteiger partial charge is 0.188 e. The van der Waals surface area contributed by atoms with Crippen LogP contribution in [0.5, 0.6) is 5.75 Å². The maximum atomic E-state index is 5.90. The number of nitrogens with one attached hydrogen (secondary N) is 1. The van der Waals surface area contributed by atoms with Crippen LogP contribution in [-0.2, 0) is 6.54 Å². The highest BCUT2D eigenvalue weighted by atomic mass is 127. The van der Waals surface area contributed by atoms with Crippen LogP contribution in [0.3, 0.4) is 0 Å². The van der Waals surface area contributed by atoms with Crippen LogP contribution in [0, 0.1) is 12.8 Å². The summed E-state index contributed by atoms with van der Waals surface area (Å²) in [7, 11) is 0. The highest BCUT2D eigenvalue weighted by Crippen LogP contribution is 2.30. The molecule has 20 heavy (non-hydrogen) atoms. The zero-order valence-corrected chi connectivity index (χ0v) is 14.5. The van der Waals surface area contributed by atoms with Gasteiger partial charge in [0.1, 0.15) is 5.75 Å². The monoisotopic (exact) mass is 389 g/mol. The largest absolute Gasteiger partial charge is 0.493 e. The molecule has 0 aliphatic heterocycles. The zero-order valence-electron chi connectivity index (χ0n) is 12.2. The third-order valence-corrected chi connectivity index (χ3v) is 3.17. The quantitative estimate of drug-likeness (QED) is 0.447. The molecule has 1 fully saturated rings. The molecular formula is C15H24IN3O. The van der Waals surface area contributed by atoms with Gasteiger partial charge in [-0.05, 0) is 44.2 Å². The van der Waals surface area contributed by atoms with Gasteiger partial charge in [0.05, 0.1) is 13.2 Å². The second-order valence-corrected chi connectivity index (χ2v) is 5.10. The summed E-state index contributed by atoms with van der Waals surface area (Å²) in [6.45, 7) is 6.23. The number of aryl methyl sites for hydroxylation is 1. The lowest BCUT2D eigenvalue weighted by Gasteiger charge is -2.11. The third-order valence-electron chi connectivity index (χ3n) is 3.17. The molecular weight excluding hydrogens is 365 g/mol. The minimum atomic E-state index is 0. The summed E-state index contributed by atoms with van der Waals surface area (Å²) in [6.07, 6.45) is 2.60. The fraction of sp³-hybridized carbons (Fsp3) is 0.533. The van der Waals surface area contributed by atoms with Gasteiger partial charge in [0.2, 0.25) is 0 Å². The van der Waals surface area contributed by atoms with E-state index in [0.29, 0.717) is 12.5 Å². The molecule has 1 aromatic rings. The first-order valence-corrected chi connectivity index (χ1v) is 6.95. The van der Waals surface area contributed by atoms with Crippen LogP contribution in [0.15, 0.2) is 23.2 Å². The van der Waals surface area contributed by atoms with Crippen molar-refractivity contribution < 1.29 is 4.74 Å². The zero-order chi connectivity index (χ0) is 13.7. The molecule has 0 unspecified atom stereocenters. The van der Waals surface area contributed by atoms with Gasteiger partial charge in [0, 0.05) is 12.1 Å². The Morgan fingerprint density at radius 2 is 2.20 bits per heavy atom. The van der Waals surface area contributed by atoms with Crippen LogP contribution < -0.4 is 15.8 Å². The van der Waals surface area contributed by atoms with Gasteiger partial charge in [-0.1, -0.05) is 12.1 Å². The van der Waals surface area contributed by atoms with Gasteiger partial charge >= 0.3 is 0 Å². The van der Waals surface area contributed by atoms with E-state index in [0.717, 1.165) is 30.4 Å². The van der Waals surface area contributed by atoms with Crippen molar-refractivity contribution in [2.75, 3.05) is 13.2 Å². The minimum absolute atomic E-state index is 0. The van der Waals surface area contributed by atoms with Crippen LogP contribution in [0.2, 0.25) is 0 Å². The van der Waals surface area contributed by atoms with Crippen molar-refractivity contribution in [2.24, 2.45) is 16.6 Å². The number of halogens is 1. The molecule has 0 radical (unpaired) electrons. The van der Waals surface area contributed by atoms with Crippen LogP contribution in [-0.4, -0.2) is 19.1 Å². The number of ether oxygens (including phenoxy) is 1. The molecule has 4 nitrogen and oxygen atoms in total. The molecule has 5 heteroatoms. The SMILES string of the molecule is CCNC(N)=NCc1ccc(C)cc1OCC1CC1.I. The van der Waals surface area contributed by atoms with E-state index in [1.807, 2.05) is 6.92 Å². The van der Waals surface area contributed by atoms with Gasteiger partial charge in [-0.2, -0.15) is 0 Å². The standard InChI is InChI=1S/C15H23N3O.HI/c1-3-17-15(16)18-9-13-7-4-11(2)8-14(13)19-10-12-5-6-12;/h4,7-8,12H,3,5-6,9-10H2,1-2H3,(H3,16,17,18);1H. The van der Waals surface area contributed by atoms with Gasteiger partial charge in [-0.3, -0.25) is 0 Å². The van der Waals surface area contributed by atoms with Gasteiger partial charge in [0.15, 0.2) is 5.96 Å². The summed E-state index contributed by atoms with van der Waals surface area (Å²) in [4.78, 5) is 4.32. The van der Waals surface area contributed by atoms with Gasteiger partial charge in [-0.25, -0.2) is 4.99 Å². The average molecular weight is 389 g/mol. The molecule has 0 bridgehead atoms. The summed E-state index contributed by atoms with van der Waals surface area (Å²) in [6, 6.07) is 6.23. The predicted molar refractivity (Wildman–Crippen MR) is 93.8 cm³/mol. The number of hydrogen-bond donors (Lipinski definition) is 2. The molecule has 1 aliphatic carbocycles. The first kappa shape index (κ1) is 17.1. The summed E-state index contributed by atoms with van der Waals surface area (Å²) in [5.74, 6) is 2.18. The number of hydrogen-bond acceptors (Lipinski definition) is 2. The summed E-state index contributed by atoms with van der Waals surface area (Å²) in [5.41, 5.74) is 8.04. The van der Waals surface area contributed by atoms with Crippen LogP contribution in [0.4, 0.5) is 0 Å². The predicted octanol–water partition coefficient (Wildman–Crippen LogP) is 2.83. The Labute approximate surface area is 138 Å². The topological polar surface area (TPSA) is 59.6 Å². The van der Waals surface area contributed by atoms with Crippen molar-refractivity contribution in [1.29, 1.82) is 0 Å². The number of rotatable bonds is 6. The number of benzene rings is 1. The highest BCUT2D eigenvalue weighted by Gasteiger charge is 2.22. The van der Waals surface area contributed by atoms with Crippen molar-refractivity contribution in [1.82, 2.24) is 5.32 Å². The van der Waals surface area contributed by atoms with E-state index in [1.165, 1.54) is 18.4 Å². The van der Waals surface area contributed by atoms with E-state index in [9.17, 15) is 0 Å². The molecule has 0 spiro atoms. The number of guanidine groups is 1. The Kier molecular flexibility index (Phi) is 7.12. The molecule has 2 rings (SSSR count). The lowest BCUT2D eigenvalue weighted by molar-refractivity contribution is 0.296. The Bertz CT molecular complexity index is 458. The van der Waals surface area contributed by atoms with Crippen molar-refractivity contribution in [3.63, 3.8) is 0 Å². The molecule has 0 aromatic heterocycles. The maximum Gasteiger partial charge on any atom is 0.188 e. The van der Waals surface area contributed by atoms with Crippen molar-refractivity contribution >= 4 is 29.9 Å². The van der Waals surface area contributed by atoms with Crippen molar-refractivity contribution in [3.8, 4) is 5.75 Å². The van der Waals surface area contributed by atoms with E-state index in [2.05, 4.69) is 35.4 Å². The molecule has 0 amide bonds. The average Bonchev–Trinajstić information content (AvgIpc) is 3.19. The van der Waals surface area contributed by atoms with E-state index >= 15 is 0 Å². The fourth-order valence-electron chi connectivity index (χ4n) is 1.83. The minimum Gasteiger partial charge on any atom is -0.493 e. The van der Waals surface area contributed by atoms with Gasteiger partial charge < -0.3 is 15.8 Å². The molecule has 0 atom stereocenters. The molecule has 0 saturated heterocycles. The van der Waals surface area contributed by atoms with E-state index in [1.54, 1.807) is 0 Å². The molecule has 1 aliphatic rings. The van der Waals surface area contributed by atoms with Crippen LogP contribution >= 0.6 is 24.0 Å². The normalized spacial score (nSPS) is 14.6.